The molecule has 0 fully saturated rings. The lowest BCUT2D eigenvalue weighted by molar-refractivity contribution is 0.1000. The maximum Gasteiger partial charge on any atom is 0.251 e. The van der Waals surface area contributed by atoms with E-state index in [1.807, 2.05) is 0 Å². The van der Waals surface area contributed by atoms with Gasteiger partial charge in [-0.15, -0.1) is 0 Å². The number of anilines is 1. The van der Waals surface area contributed by atoms with Crippen LogP contribution in [0, 0.1) is 0 Å². The molecule has 1 heterocycles. The normalized spacial score (nSPS) is 11.2. The SMILES string of the molecule is NC(=O)c1cnn(Nc2ccc(S(N)(=O)=O)cc2)c1. The number of hydrogen-bond donors (Lipinski definition) is 3. The Labute approximate surface area is 109 Å². The second kappa shape index (κ2) is 4.71. The van der Waals surface area contributed by atoms with Gasteiger partial charge in [-0.1, -0.05) is 0 Å². The molecule has 19 heavy (non-hydrogen) atoms. The summed E-state index contributed by atoms with van der Waals surface area (Å²) in [4.78, 5) is 12.2. The smallest absolute Gasteiger partial charge is 0.251 e. The van der Waals surface area contributed by atoms with E-state index in [2.05, 4.69) is 10.5 Å². The Morgan fingerprint density at radius 2 is 1.89 bits per heavy atom. The number of aromatic nitrogens is 2. The lowest BCUT2D eigenvalue weighted by Gasteiger charge is -2.06. The molecule has 9 heteroatoms. The third-order valence-corrected chi connectivity index (χ3v) is 3.22. The quantitative estimate of drug-likeness (QED) is 0.695. The van der Waals surface area contributed by atoms with Crippen molar-refractivity contribution in [2.45, 2.75) is 4.90 Å². The highest BCUT2D eigenvalue weighted by Gasteiger charge is 2.07. The number of amides is 1. The Kier molecular flexibility index (Phi) is 3.23. The molecule has 2 aromatic rings. The number of primary sulfonamides is 1. The summed E-state index contributed by atoms with van der Waals surface area (Å²) in [5, 5.41) is 8.84. The van der Waals surface area contributed by atoms with Crippen molar-refractivity contribution in [1.82, 2.24) is 9.89 Å². The maximum absolute atomic E-state index is 11.1. The minimum atomic E-state index is -3.71. The summed E-state index contributed by atoms with van der Waals surface area (Å²) in [5.41, 5.74) is 8.74. The number of nitrogens with zero attached hydrogens (tertiary/aromatic N) is 2. The van der Waals surface area contributed by atoms with Gasteiger partial charge in [-0.2, -0.15) is 9.89 Å². The number of carbonyl (C=O) groups is 1. The molecule has 2 rings (SSSR count). The third-order valence-electron chi connectivity index (χ3n) is 2.29. The van der Waals surface area contributed by atoms with Crippen LogP contribution in [0.2, 0.25) is 0 Å². The standard InChI is InChI=1S/C10H11N5O3S/c11-10(16)7-5-13-15(6-7)14-8-1-3-9(4-2-8)19(12,17)18/h1-6,14H,(H2,11,16)(H2,12,17,18). The fourth-order valence-corrected chi connectivity index (χ4v) is 1.88. The number of rotatable bonds is 4. The summed E-state index contributed by atoms with van der Waals surface area (Å²) in [6.45, 7) is 0. The van der Waals surface area contributed by atoms with Crippen LogP contribution in [-0.4, -0.2) is 24.2 Å². The van der Waals surface area contributed by atoms with Gasteiger partial charge in [0.2, 0.25) is 10.0 Å². The first-order chi connectivity index (χ1) is 8.86. The van der Waals surface area contributed by atoms with Crippen molar-refractivity contribution in [3.63, 3.8) is 0 Å². The Morgan fingerprint density at radius 3 is 2.37 bits per heavy atom. The van der Waals surface area contributed by atoms with Crippen LogP contribution in [0.4, 0.5) is 5.69 Å². The monoisotopic (exact) mass is 281 g/mol. The first-order valence-electron chi connectivity index (χ1n) is 5.10. The molecule has 0 saturated carbocycles. The Morgan fingerprint density at radius 1 is 1.26 bits per heavy atom. The molecule has 5 N–H and O–H groups in total. The molecule has 0 atom stereocenters. The molecule has 0 aliphatic carbocycles. The number of sulfonamides is 1. The van der Waals surface area contributed by atoms with E-state index in [9.17, 15) is 13.2 Å². The van der Waals surface area contributed by atoms with Crippen LogP contribution in [-0.2, 0) is 10.0 Å². The van der Waals surface area contributed by atoms with Gasteiger partial charge in [-0.25, -0.2) is 13.6 Å². The van der Waals surface area contributed by atoms with Crippen molar-refractivity contribution in [3.8, 4) is 0 Å². The van der Waals surface area contributed by atoms with Crippen molar-refractivity contribution >= 4 is 21.6 Å². The molecule has 0 saturated heterocycles. The van der Waals surface area contributed by atoms with E-state index < -0.39 is 15.9 Å². The predicted octanol–water partition coefficient (Wildman–Crippen LogP) is -0.495. The van der Waals surface area contributed by atoms with Crippen LogP contribution >= 0.6 is 0 Å². The fraction of sp³-hybridized carbons (Fsp3) is 0. The molecule has 1 aromatic heterocycles. The minimum absolute atomic E-state index is 0.0105. The number of nitrogens with two attached hydrogens (primary N) is 2. The fourth-order valence-electron chi connectivity index (χ4n) is 1.36. The van der Waals surface area contributed by atoms with Crippen molar-refractivity contribution < 1.29 is 13.2 Å². The first-order valence-corrected chi connectivity index (χ1v) is 6.65. The highest BCUT2D eigenvalue weighted by atomic mass is 32.2. The summed E-state index contributed by atoms with van der Waals surface area (Å²) in [6, 6.07) is 5.75. The number of hydrogen-bond acceptors (Lipinski definition) is 5. The van der Waals surface area contributed by atoms with E-state index in [4.69, 9.17) is 10.9 Å². The van der Waals surface area contributed by atoms with Crippen LogP contribution in [0.15, 0.2) is 41.6 Å². The van der Waals surface area contributed by atoms with E-state index in [0.717, 1.165) is 0 Å². The number of nitrogens with one attached hydrogen (secondary N) is 1. The molecule has 0 radical (unpaired) electrons. The molecule has 0 spiro atoms. The number of carbonyl (C=O) groups excluding carboxylic acids is 1. The first kappa shape index (κ1) is 13.1. The summed E-state index contributed by atoms with van der Waals surface area (Å²) in [5.74, 6) is -0.586. The molecule has 0 bridgehead atoms. The van der Waals surface area contributed by atoms with E-state index >= 15 is 0 Å². The maximum atomic E-state index is 11.1. The number of primary amides is 1. The second-order valence-corrected chi connectivity index (χ2v) is 5.28. The van der Waals surface area contributed by atoms with Crippen LogP contribution in [0.25, 0.3) is 0 Å². The van der Waals surface area contributed by atoms with Crippen LogP contribution in [0.3, 0.4) is 0 Å². The Hall–Kier alpha value is -2.39. The number of benzene rings is 1. The molecular formula is C10H11N5O3S. The van der Waals surface area contributed by atoms with Gasteiger partial charge in [0.05, 0.1) is 28.5 Å². The lowest BCUT2D eigenvalue weighted by Crippen LogP contribution is -2.13. The largest absolute Gasteiger partial charge is 0.365 e. The van der Waals surface area contributed by atoms with E-state index in [-0.39, 0.29) is 10.5 Å². The van der Waals surface area contributed by atoms with Crippen molar-refractivity contribution in [2.24, 2.45) is 10.9 Å². The average Bonchev–Trinajstić information content (AvgIpc) is 2.77. The highest BCUT2D eigenvalue weighted by Crippen LogP contribution is 2.12. The summed E-state index contributed by atoms with van der Waals surface area (Å²) in [7, 11) is -3.71. The van der Waals surface area contributed by atoms with Gasteiger partial charge in [0.1, 0.15) is 0 Å². The molecule has 8 nitrogen and oxygen atoms in total. The molecule has 0 unspecified atom stereocenters. The Balaban J connectivity index is 2.17. The van der Waals surface area contributed by atoms with Gasteiger partial charge in [0.15, 0.2) is 0 Å². The highest BCUT2D eigenvalue weighted by molar-refractivity contribution is 7.89. The van der Waals surface area contributed by atoms with Crippen LogP contribution < -0.4 is 16.3 Å². The van der Waals surface area contributed by atoms with Crippen LogP contribution in [0.5, 0.6) is 0 Å². The summed E-state index contributed by atoms with van der Waals surface area (Å²) in [6.07, 6.45) is 2.73. The molecule has 0 aliphatic rings. The molecule has 0 aliphatic heterocycles. The average molecular weight is 281 g/mol. The van der Waals surface area contributed by atoms with Gasteiger partial charge in [0, 0.05) is 0 Å². The van der Waals surface area contributed by atoms with E-state index in [1.165, 1.54) is 41.4 Å². The van der Waals surface area contributed by atoms with Crippen LogP contribution in [0.1, 0.15) is 10.4 Å². The summed E-state index contributed by atoms with van der Waals surface area (Å²) >= 11 is 0. The van der Waals surface area contributed by atoms with Gasteiger partial charge in [-0.3, -0.25) is 10.2 Å². The predicted molar refractivity (Wildman–Crippen MR) is 67.6 cm³/mol. The molecule has 1 aromatic carbocycles. The lowest BCUT2D eigenvalue weighted by atomic mass is 10.3. The van der Waals surface area contributed by atoms with Crippen molar-refractivity contribution in [3.05, 3.63) is 42.2 Å². The third kappa shape index (κ3) is 3.09. The molecular weight excluding hydrogens is 270 g/mol. The zero-order valence-corrected chi connectivity index (χ0v) is 10.5. The molecule has 1 amide bonds. The van der Waals surface area contributed by atoms with Gasteiger partial charge in [-0.05, 0) is 24.3 Å². The molecule has 100 valence electrons. The topological polar surface area (TPSA) is 133 Å². The zero-order valence-electron chi connectivity index (χ0n) is 9.65. The van der Waals surface area contributed by atoms with Crippen molar-refractivity contribution in [1.29, 1.82) is 0 Å². The van der Waals surface area contributed by atoms with E-state index in [1.54, 1.807) is 0 Å². The minimum Gasteiger partial charge on any atom is -0.365 e. The Bertz CT molecular complexity index is 705. The van der Waals surface area contributed by atoms with Gasteiger partial charge in [0.25, 0.3) is 5.91 Å². The summed E-state index contributed by atoms with van der Waals surface area (Å²) < 4.78 is 22.1. The zero-order chi connectivity index (χ0) is 14.0. The van der Waals surface area contributed by atoms with Gasteiger partial charge < -0.3 is 5.73 Å². The van der Waals surface area contributed by atoms with Crippen molar-refractivity contribution in [2.75, 3.05) is 5.43 Å². The van der Waals surface area contributed by atoms with E-state index in [0.29, 0.717) is 5.69 Å². The van der Waals surface area contributed by atoms with Gasteiger partial charge >= 0.3 is 0 Å². The second-order valence-electron chi connectivity index (χ2n) is 3.72.